The first kappa shape index (κ1) is 20.4. The van der Waals surface area contributed by atoms with Gasteiger partial charge in [0, 0.05) is 48.7 Å². The van der Waals surface area contributed by atoms with Crippen molar-refractivity contribution < 1.29 is 18.0 Å². The highest BCUT2D eigenvalue weighted by Gasteiger charge is 2.31. The van der Waals surface area contributed by atoms with Gasteiger partial charge >= 0.3 is 6.18 Å². The first-order valence-electron chi connectivity index (χ1n) is 9.91. The zero-order valence-electron chi connectivity index (χ0n) is 16.4. The molecule has 0 spiro atoms. The van der Waals surface area contributed by atoms with Crippen molar-refractivity contribution in [3.05, 3.63) is 52.5 Å². The molecule has 0 bridgehead atoms. The fraction of sp³-hybridized carbons (Fsp3) is 0.333. The van der Waals surface area contributed by atoms with Crippen LogP contribution in [0, 0.1) is 0 Å². The summed E-state index contributed by atoms with van der Waals surface area (Å²) in [5, 5.41) is 9.47. The molecule has 1 fully saturated rings. The van der Waals surface area contributed by atoms with Crippen molar-refractivity contribution in [1.82, 2.24) is 15.1 Å². The minimum Gasteiger partial charge on any atom is -0.368 e. The van der Waals surface area contributed by atoms with Crippen LogP contribution >= 0.6 is 23.1 Å². The Morgan fingerprint density at radius 1 is 1.06 bits per heavy atom. The highest BCUT2D eigenvalue weighted by molar-refractivity contribution is 8.01. The molecule has 0 aliphatic carbocycles. The van der Waals surface area contributed by atoms with Crippen LogP contribution in [0.2, 0.25) is 0 Å². The lowest BCUT2D eigenvalue weighted by molar-refractivity contribution is -0.137. The molecule has 1 saturated heterocycles. The standard InChI is InChI=1S/C21H19F3N4OS2/c22-21(23,24)13-1-3-14(4-2-13)27-7-9-28(10-8-27)19(29)18-15-5-11-30-20-16(6-12-31-20)17(15)25-26-18/h1-4,6,12H,5,7-11H2,(H,25,26). The summed E-state index contributed by atoms with van der Waals surface area (Å²) in [6, 6.07) is 7.23. The maximum absolute atomic E-state index is 13.2. The van der Waals surface area contributed by atoms with E-state index in [1.54, 1.807) is 28.0 Å². The molecular formula is C21H19F3N4OS2. The van der Waals surface area contributed by atoms with Crippen LogP contribution in [0.3, 0.4) is 0 Å². The number of thioether (sulfide) groups is 1. The Hall–Kier alpha value is -2.46. The van der Waals surface area contributed by atoms with E-state index in [0.29, 0.717) is 31.9 Å². The number of hydrogen-bond acceptors (Lipinski definition) is 5. The Labute approximate surface area is 185 Å². The number of aromatic amines is 1. The molecule has 5 rings (SSSR count). The van der Waals surface area contributed by atoms with E-state index in [9.17, 15) is 18.0 Å². The Morgan fingerprint density at radius 3 is 2.52 bits per heavy atom. The van der Waals surface area contributed by atoms with Gasteiger partial charge in [0.05, 0.1) is 15.5 Å². The van der Waals surface area contributed by atoms with Crippen LogP contribution in [0.15, 0.2) is 39.9 Å². The number of nitrogens with zero attached hydrogens (tertiary/aromatic N) is 3. The van der Waals surface area contributed by atoms with E-state index in [1.165, 1.54) is 16.3 Å². The number of halogens is 3. The number of benzene rings is 1. The highest BCUT2D eigenvalue weighted by Crippen LogP contribution is 2.41. The molecule has 2 aliphatic rings. The fourth-order valence-electron chi connectivity index (χ4n) is 4.02. The van der Waals surface area contributed by atoms with Crippen LogP contribution in [-0.4, -0.2) is 52.9 Å². The summed E-state index contributed by atoms with van der Waals surface area (Å²) in [6.07, 6.45) is -3.56. The van der Waals surface area contributed by atoms with Crippen molar-refractivity contribution >= 4 is 34.7 Å². The van der Waals surface area contributed by atoms with Crippen molar-refractivity contribution in [1.29, 1.82) is 0 Å². The second kappa shape index (κ2) is 7.90. The number of thiophene rings is 1. The lowest BCUT2D eigenvalue weighted by Crippen LogP contribution is -2.49. The van der Waals surface area contributed by atoms with E-state index in [4.69, 9.17) is 0 Å². The summed E-state index contributed by atoms with van der Waals surface area (Å²) >= 11 is 3.49. The maximum Gasteiger partial charge on any atom is 0.416 e. The monoisotopic (exact) mass is 464 g/mol. The van der Waals surface area contributed by atoms with Gasteiger partial charge in [-0.15, -0.1) is 23.1 Å². The molecule has 0 atom stereocenters. The lowest BCUT2D eigenvalue weighted by atomic mass is 10.1. The smallest absolute Gasteiger partial charge is 0.368 e. The lowest BCUT2D eigenvalue weighted by Gasteiger charge is -2.36. The molecule has 2 aliphatic heterocycles. The SMILES string of the molecule is O=C(c1[nH]nc2c1CCSc1sccc1-2)N1CCN(c2ccc(C(F)(F)F)cc2)CC1. The van der Waals surface area contributed by atoms with E-state index >= 15 is 0 Å². The first-order valence-corrected chi connectivity index (χ1v) is 11.8. The minimum absolute atomic E-state index is 0.0653. The number of piperazine rings is 1. The molecule has 4 heterocycles. The number of amides is 1. The molecular weight excluding hydrogens is 445 g/mol. The van der Waals surface area contributed by atoms with Crippen molar-refractivity contribution in [3.63, 3.8) is 0 Å². The van der Waals surface area contributed by atoms with Gasteiger partial charge in [0.1, 0.15) is 5.69 Å². The van der Waals surface area contributed by atoms with Crippen LogP contribution in [-0.2, 0) is 12.6 Å². The number of carbonyl (C=O) groups is 1. The van der Waals surface area contributed by atoms with Crippen molar-refractivity contribution in [3.8, 4) is 11.3 Å². The predicted octanol–water partition coefficient (Wildman–Crippen LogP) is 4.77. The summed E-state index contributed by atoms with van der Waals surface area (Å²) in [6.45, 7) is 2.15. The van der Waals surface area contributed by atoms with Crippen molar-refractivity contribution in [2.45, 2.75) is 16.8 Å². The number of carbonyl (C=O) groups excluding carboxylic acids is 1. The Bertz CT molecular complexity index is 1100. The summed E-state index contributed by atoms with van der Waals surface area (Å²) in [5.41, 5.74) is 3.56. The largest absolute Gasteiger partial charge is 0.416 e. The molecule has 0 radical (unpaired) electrons. The number of anilines is 1. The number of H-pyrrole nitrogens is 1. The van der Waals surface area contributed by atoms with Gasteiger partial charge in [0.25, 0.3) is 5.91 Å². The topological polar surface area (TPSA) is 52.2 Å². The summed E-state index contributed by atoms with van der Waals surface area (Å²) in [5.74, 6) is 0.840. The molecule has 5 nitrogen and oxygen atoms in total. The molecule has 2 aromatic heterocycles. The van der Waals surface area contributed by atoms with Gasteiger partial charge in [-0.05, 0) is 42.1 Å². The van der Waals surface area contributed by atoms with E-state index < -0.39 is 11.7 Å². The second-order valence-electron chi connectivity index (χ2n) is 7.47. The van der Waals surface area contributed by atoms with Crippen LogP contribution in [0.25, 0.3) is 11.3 Å². The molecule has 31 heavy (non-hydrogen) atoms. The van der Waals surface area contributed by atoms with Gasteiger partial charge in [-0.3, -0.25) is 9.89 Å². The van der Waals surface area contributed by atoms with E-state index in [1.807, 2.05) is 10.3 Å². The molecule has 1 amide bonds. The summed E-state index contributed by atoms with van der Waals surface area (Å²) in [7, 11) is 0. The van der Waals surface area contributed by atoms with Gasteiger partial charge < -0.3 is 9.80 Å². The molecule has 0 unspecified atom stereocenters. The van der Waals surface area contributed by atoms with Gasteiger partial charge in [0.2, 0.25) is 0 Å². The van der Waals surface area contributed by atoms with Crippen molar-refractivity contribution in [2.75, 3.05) is 36.8 Å². The normalized spacial score (nSPS) is 16.6. The maximum atomic E-state index is 13.2. The number of alkyl halides is 3. The predicted molar refractivity (Wildman–Crippen MR) is 116 cm³/mol. The average molecular weight is 465 g/mol. The zero-order valence-corrected chi connectivity index (χ0v) is 18.0. The van der Waals surface area contributed by atoms with E-state index in [2.05, 4.69) is 16.3 Å². The Morgan fingerprint density at radius 2 is 1.81 bits per heavy atom. The number of rotatable bonds is 2. The zero-order chi connectivity index (χ0) is 21.6. The van der Waals surface area contributed by atoms with Gasteiger partial charge in [-0.25, -0.2) is 0 Å². The first-order chi connectivity index (χ1) is 14.9. The van der Waals surface area contributed by atoms with E-state index in [0.717, 1.165) is 46.8 Å². The van der Waals surface area contributed by atoms with Crippen LogP contribution in [0.4, 0.5) is 18.9 Å². The van der Waals surface area contributed by atoms with Gasteiger partial charge in [-0.1, -0.05) is 0 Å². The van der Waals surface area contributed by atoms with Crippen LogP contribution in [0.5, 0.6) is 0 Å². The molecule has 10 heteroatoms. The Balaban J connectivity index is 1.28. The van der Waals surface area contributed by atoms with Gasteiger partial charge in [-0.2, -0.15) is 18.3 Å². The van der Waals surface area contributed by atoms with Crippen LogP contribution in [0.1, 0.15) is 21.6 Å². The third-order valence-corrected chi connectivity index (χ3v) is 7.92. The number of fused-ring (bicyclic) bond motifs is 3. The second-order valence-corrected chi connectivity index (χ2v) is 9.75. The molecule has 3 aromatic rings. The summed E-state index contributed by atoms with van der Waals surface area (Å²) in [4.78, 5) is 17.0. The van der Waals surface area contributed by atoms with Crippen LogP contribution < -0.4 is 4.90 Å². The van der Waals surface area contributed by atoms with Gasteiger partial charge in [0.15, 0.2) is 0 Å². The quantitative estimate of drug-likeness (QED) is 0.594. The number of aromatic nitrogens is 2. The average Bonchev–Trinajstić information content (AvgIpc) is 3.36. The van der Waals surface area contributed by atoms with Crippen molar-refractivity contribution in [2.24, 2.45) is 0 Å². The molecule has 1 N–H and O–H groups in total. The Kier molecular flexibility index (Phi) is 5.21. The highest BCUT2D eigenvalue weighted by atomic mass is 32.2. The molecule has 0 saturated carbocycles. The fourth-order valence-corrected chi connectivity index (χ4v) is 6.14. The third-order valence-electron chi connectivity index (χ3n) is 5.68. The third kappa shape index (κ3) is 3.82. The summed E-state index contributed by atoms with van der Waals surface area (Å²) < 4.78 is 39.6. The minimum atomic E-state index is -4.34. The number of hydrogen-bond donors (Lipinski definition) is 1. The molecule has 1 aromatic carbocycles. The number of nitrogens with one attached hydrogen (secondary N) is 1. The van der Waals surface area contributed by atoms with E-state index in [-0.39, 0.29) is 5.91 Å². The molecule has 162 valence electrons.